The topological polar surface area (TPSA) is 53.6 Å². The van der Waals surface area contributed by atoms with Gasteiger partial charge in [0.1, 0.15) is 0 Å². The number of rotatable bonds is 7. The van der Waals surface area contributed by atoms with Crippen LogP contribution in [0.4, 0.5) is 0 Å². The summed E-state index contributed by atoms with van der Waals surface area (Å²) in [6, 6.07) is 10.2. The Balaban J connectivity index is 0.00000264. The van der Waals surface area contributed by atoms with Gasteiger partial charge in [-0.05, 0) is 12.6 Å². The summed E-state index contributed by atoms with van der Waals surface area (Å²) in [6.45, 7) is 6.84. The molecule has 5 nitrogen and oxygen atoms in total. The molecule has 1 aromatic rings. The van der Waals surface area contributed by atoms with Crippen LogP contribution in [0, 0.1) is 5.92 Å². The number of benzene rings is 1. The molecule has 2 N–H and O–H groups in total. The van der Waals surface area contributed by atoms with E-state index in [9.17, 15) is 4.79 Å². The number of hydrogen-bond donors (Lipinski definition) is 2. The minimum absolute atomic E-state index is 0. The lowest BCUT2D eigenvalue weighted by molar-refractivity contribution is -0.125. The van der Waals surface area contributed by atoms with Crippen molar-refractivity contribution in [2.45, 2.75) is 13.0 Å². The molecule has 0 saturated carbocycles. The number of nitrogens with one attached hydrogen (secondary N) is 2. The number of amides is 1. The van der Waals surface area contributed by atoms with Gasteiger partial charge in [0.25, 0.3) is 0 Å². The van der Waals surface area contributed by atoms with Crippen molar-refractivity contribution >= 4 is 30.7 Å². The van der Waals surface area contributed by atoms with Crippen molar-refractivity contribution in [1.82, 2.24) is 15.5 Å². The number of ether oxygens (including phenoxy) is 1. The highest BCUT2D eigenvalue weighted by Gasteiger charge is 2.22. The fourth-order valence-corrected chi connectivity index (χ4v) is 2.67. The summed E-state index contributed by atoms with van der Waals surface area (Å²) in [5.74, 6) is 0.0531. The Morgan fingerprint density at radius 1 is 1.21 bits per heavy atom. The van der Waals surface area contributed by atoms with Gasteiger partial charge in [0.2, 0.25) is 5.91 Å². The molecule has 2 rings (SSSR count). The van der Waals surface area contributed by atoms with Crippen LogP contribution in [-0.4, -0.2) is 57.2 Å². The lowest BCUT2D eigenvalue weighted by Crippen LogP contribution is -2.44. The van der Waals surface area contributed by atoms with Gasteiger partial charge in [-0.3, -0.25) is 9.69 Å². The standard InChI is InChI=1S/C17H27N3O2.2ClH/c1-14(12-18-2)17(21)19-16(15-6-4-3-5-7-15)13-20-8-10-22-11-9-20;;/h3-7,14,16,18H,8-13H2,1-2H3,(H,19,21);2*1H. The quantitative estimate of drug-likeness (QED) is 0.761. The second kappa shape index (κ2) is 12.5. The highest BCUT2D eigenvalue weighted by atomic mass is 35.5. The highest BCUT2D eigenvalue weighted by molar-refractivity contribution is 5.85. The van der Waals surface area contributed by atoms with E-state index < -0.39 is 0 Å². The number of halogens is 2. The van der Waals surface area contributed by atoms with Gasteiger partial charge in [-0.2, -0.15) is 0 Å². The highest BCUT2D eigenvalue weighted by Crippen LogP contribution is 2.16. The van der Waals surface area contributed by atoms with E-state index in [1.165, 1.54) is 0 Å². The predicted octanol–water partition coefficient (Wildman–Crippen LogP) is 1.88. The summed E-state index contributed by atoms with van der Waals surface area (Å²) >= 11 is 0. The maximum absolute atomic E-state index is 12.4. The third kappa shape index (κ3) is 7.36. The molecule has 0 aliphatic carbocycles. The molecule has 24 heavy (non-hydrogen) atoms. The monoisotopic (exact) mass is 377 g/mol. The molecule has 0 bridgehead atoms. The molecule has 1 aromatic carbocycles. The number of carbonyl (C=O) groups excluding carboxylic acids is 1. The average molecular weight is 378 g/mol. The molecule has 138 valence electrons. The Labute approximate surface area is 157 Å². The molecule has 1 aliphatic heterocycles. The molecule has 0 radical (unpaired) electrons. The van der Waals surface area contributed by atoms with Gasteiger partial charge in [-0.25, -0.2) is 0 Å². The number of morpholine rings is 1. The summed E-state index contributed by atoms with van der Waals surface area (Å²) in [4.78, 5) is 14.7. The van der Waals surface area contributed by atoms with Crippen LogP contribution in [0.2, 0.25) is 0 Å². The zero-order valence-electron chi connectivity index (χ0n) is 14.4. The fourth-order valence-electron chi connectivity index (χ4n) is 2.67. The number of hydrogen-bond acceptors (Lipinski definition) is 4. The van der Waals surface area contributed by atoms with E-state index >= 15 is 0 Å². The smallest absolute Gasteiger partial charge is 0.224 e. The molecule has 1 saturated heterocycles. The van der Waals surface area contributed by atoms with Crippen molar-refractivity contribution in [3.63, 3.8) is 0 Å². The van der Waals surface area contributed by atoms with Crippen LogP contribution < -0.4 is 10.6 Å². The van der Waals surface area contributed by atoms with Gasteiger partial charge >= 0.3 is 0 Å². The number of carbonyl (C=O) groups is 1. The maximum Gasteiger partial charge on any atom is 0.224 e. The summed E-state index contributed by atoms with van der Waals surface area (Å²) in [7, 11) is 1.87. The molecular weight excluding hydrogens is 349 g/mol. The van der Waals surface area contributed by atoms with E-state index in [1.807, 2.05) is 32.2 Å². The van der Waals surface area contributed by atoms with Crippen LogP contribution >= 0.6 is 24.8 Å². The molecule has 7 heteroatoms. The second-order valence-electron chi connectivity index (χ2n) is 5.84. The molecule has 1 heterocycles. The van der Waals surface area contributed by atoms with Crippen molar-refractivity contribution < 1.29 is 9.53 Å². The third-order valence-corrected chi connectivity index (χ3v) is 4.02. The SMILES string of the molecule is CNCC(C)C(=O)NC(CN1CCOCC1)c1ccccc1.Cl.Cl. The average Bonchev–Trinajstić information content (AvgIpc) is 2.56. The zero-order chi connectivity index (χ0) is 15.8. The fraction of sp³-hybridized carbons (Fsp3) is 0.588. The molecule has 1 aliphatic rings. The third-order valence-electron chi connectivity index (χ3n) is 4.02. The van der Waals surface area contributed by atoms with Gasteiger partial charge in [0, 0.05) is 32.1 Å². The van der Waals surface area contributed by atoms with Crippen LogP contribution in [0.15, 0.2) is 30.3 Å². The Morgan fingerprint density at radius 3 is 2.42 bits per heavy atom. The van der Waals surface area contributed by atoms with E-state index in [4.69, 9.17) is 4.74 Å². The van der Waals surface area contributed by atoms with Crippen LogP contribution in [-0.2, 0) is 9.53 Å². The molecule has 1 amide bonds. The van der Waals surface area contributed by atoms with E-state index in [0.29, 0.717) is 6.54 Å². The van der Waals surface area contributed by atoms with Crippen molar-refractivity contribution in [2.24, 2.45) is 5.92 Å². The summed E-state index contributed by atoms with van der Waals surface area (Å²) in [5, 5.41) is 6.26. The van der Waals surface area contributed by atoms with Crippen LogP contribution in [0.5, 0.6) is 0 Å². The first-order valence-electron chi connectivity index (χ1n) is 8.00. The first-order chi connectivity index (χ1) is 10.7. The zero-order valence-corrected chi connectivity index (χ0v) is 16.0. The van der Waals surface area contributed by atoms with Gasteiger partial charge in [0.05, 0.1) is 19.3 Å². The van der Waals surface area contributed by atoms with Crippen molar-refractivity contribution in [2.75, 3.05) is 46.4 Å². The van der Waals surface area contributed by atoms with E-state index in [1.54, 1.807) is 0 Å². The second-order valence-corrected chi connectivity index (χ2v) is 5.84. The summed E-state index contributed by atoms with van der Waals surface area (Å²) < 4.78 is 5.40. The predicted molar refractivity (Wildman–Crippen MR) is 102 cm³/mol. The lowest BCUT2D eigenvalue weighted by Gasteiger charge is -2.31. The molecule has 0 spiro atoms. The maximum atomic E-state index is 12.4. The largest absolute Gasteiger partial charge is 0.379 e. The normalized spacial score (nSPS) is 17.1. The van der Waals surface area contributed by atoms with Crippen molar-refractivity contribution in [3.05, 3.63) is 35.9 Å². The Morgan fingerprint density at radius 2 is 1.83 bits per heavy atom. The number of nitrogens with zero attached hydrogens (tertiary/aromatic N) is 1. The van der Waals surface area contributed by atoms with Gasteiger partial charge < -0.3 is 15.4 Å². The molecule has 1 fully saturated rings. The minimum Gasteiger partial charge on any atom is -0.379 e. The summed E-state index contributed by atoms with van der Waals surface area (Å²) in [5.41, 5.74) is 1.15. The summed E-state index contributed by atoms with van der Waals surface area (Å²) in [6.07, 6.45) is 0. The van der Waals surface area contributed by atoms with Crippen LogP contribution in [0.1, 0.15) is 18.5 Å². The first kappa shape index (κ1) is 23.1. The Hall–Kier alpha value is -0.850. The first-order valence-corrected chi connectivity index (χ1v) is 8.00. The van der Waals surface area contributed by atoms with Crippen molar-refractivity contribution in [3.8, 4) is 0 Å². The molecule has 2 atom stereocenters. The molecular formula is C17H29Cl2N3O2. The van der Waals surface area contributed by atoms with Gasteiger partial charge in [-0.1, -0.05) is 37.3 Å². The Bertz CT molecular complexity index is 456. The van der Waals surface area contributed by atoms with Gasteiger partial charge in [-0.15, -0.1) is 24.8 Å². The van der Waals surface area contributed by atoms with E-state index in [-0.39, 0.29) is 42.7 Å². The van der Waals surface area contributed by atoms with E-state index in [0.717, 1.165) is 38.4 Å². The lowest BCUT2D eigenvalue weighted by atomic mass is 10.0. The van der Waals surface area contributed by atoms with Gasteiger partial charge in [0.15, 0.2) is 0 Å². The van der Waals surface area contributed by atoms with E-state index in [2.05, 4.69) is 27.7 Å². The minimum atomic E-state index is -0.0408. The van der Waals surface area contributed by atoms with Crippen LogP contribution in [0.25, 0.3) is 0 Å². The molecule has 0 aromatic heterocycles. The van der Waals surface area contributed by atoms with Crippen LogP contribution in [0.3, 0.4) is 0 Å². The van der Waals surface area contributed by atoms with Crippen molar-refractivity contribution in [1.29, 1.82) is 0 Å². The Kier molecular flexibility index (Phi) is 12.1. The molecule has 2 unspecified atom stereocenters.